The van der Waals surface area contributed by atoms with Crippen LogP contribution < -0.4 is 10.6 Å². The Hall–Kier alpha value is -1.39. The van der Waals surface area contributed by atoms with Gasteiger partial charge in [-0.1, -0.05) is 12.1 Å². The summed E-state index contributed by atoms with van der Waals surface area (Å²) in [5.74, 6) is 0.780. The van der Waals surface area contributed by atoms with Gasteiger partial charge in [-0.2, -0.15) is 0 Å². The Bertz CT molecular complexity index is 623. The number of guanidine groups is 1. The quantitative estimate of drug-likeness (QED) is 0.266. The Morgan fingerprint density at radius 1 is 1.21 bits per heavy atom. The zero-order valence-corrected chi connectivity index (χ0v) is 21.0. The second-order valence-corrected chi connectivity index (χ2v) is 7.20. The van der Waals surface area contributed by atoms with Crippen molar-refractivity contribution in [2.24, 2.45) is 4.99 Å². The largest absolute Gasteiger partial charge is 0.377 e. The summed E-state index contributed by atoms with van der Waals surface area (Å²) in [5, 5.41) is 6.67. The molecule has 7 nitrogen and oxygen atoms in total. The fourth-order valence-electron chi connectivity index (χ4n) is 2.76. The average Bonchev–Trinajstić information content (AvgIpc) is 2.67. The Morgan fingerprint density at radius 2 is 1.93 bits per heavy atom. The van der Waals surface area contributed by atoms with Crippen molar-refractivity contribution in [2.45, 2.75) is 25.9 Å². The van der Waals surface area contributed by atoms with Crippen LogP contribution in [-0.2, 0) is 11.2 Å². The number of benzene rings is 1. The van der Waals surface area contributed by atoms with E-state index >= 15 is 0 Å². The van der Waals surface area contributed by atoms with Gasteiger partial charge < -0.3 is 25.2 Å². The van der Waals surface area contributed by atoms with Gasteiger partial charge >= 0.3 is 0 Å². The zero-order chi connectivity index (χ0) is 20.9. The molecule has 0 aromatic heterocycles. The van der Waals surface area contributed by atoms with E-state index < -0.39 is 0 Å². The first-order valence-corrected chi connectivity index (χ1v) is 9.88. The van der Waals surface area contributed by atoms with Crippen molar-refractivity contribution in [3.8, 4) is 0 Å². The molecule has 29 heavy (non-hydrogen) atoms. The van der Waals surface area contributed by atoms with Crippen LogP contribution >= 0.6 is 24.0 Å². The van der Waals surface area contributed by atoms with Gasteiger partial charge in [0.1, 0.15) is 0 Å². The van der Waals surface area contributed by atoms with Crippen molar-refractivity contribution in [2.75, 3.05) is 61.5 Å². The standard InChI is InChI=1S/C21H37N5O2.HI/c1-7-28-19(12-14-25(3)4)16-24-21(22-2)23-13-11-17-9-8-10-18(15-17)20(27)26(5)6;/h8-10,15,19H,7,11-14,16H2,1-6H3,(H2,22,23,24);1H. The van der Waals surface area contributed by atoms with Gasteiger partial charge in [0.2, 0.25) is 0 Å². The van der Waals surface area contributed by atoms with Crippen LogP contribution in [0.5, 0.6) is 0 Å². The van der Waals surface area contributed by atoms with Crippen LogP contribution in [0.15, 0.2) is 29.3 Å². The molecule has 0 saturated heterocycles. The molecule has 1 atom stereocenters. The van der Waals surface area contributed by atoms with Crippen LogP contribution in [0.3, 0.4) is 0 Å². The van der Waals surface area contributed by atoms with E-state index in [0.717, 1.165) is 37.5 Å². The van der Waals surface area contributed by atoms with Crippen molar-refractivity contribution >= 4 is 35.8 Å². The topological polar surface area (TPSA) is 69.2 Å². The van der Waals surface area contributed by atoms with Gasteiger partial charge in [-0.05, 0) is 51.6 Å². The summed E-state index contributed by atoms with van der Waals surface area (Å²) in [7, 11) is 9.43. The molecular weight excluding hydrogens is 481 g/mol. The first-order valence-electron chi connectivity index (χ1n) is 9.88. The monoisotopic (exact) mass is 519 g/mol. The van der Waals surface area contributed by atoms with Crippen LogP contribution in [0.25, 0.3) is 0 Å². The lowest BCUT2D eigenvalue weighted by Crippen LogP contribution is -2.43. The van der Waals surface area contributed by atoms with Crippen molar-refractivity contribution in [1.82, 2.24) is 20.4 Å². The number of hydrogen-bond donors (Lipinski definition) is 2. The predicted molar refractivity (Wildman–Crippen MR) is 132 cm³/mol. The first-order chi connectivity index (χ1) is 13.4. The number of aliphatic imine (C=N–C) groups is 1. The summed E-state index contributed by atoms with van der Waals surface area (Å²) < 4.78 is 5.81. The number of amides is 1. The van der Waals surface area contributed by atoms with Crippen molar-refractivity contribution in [3.63, 3.8) is 0 Å². The molecule has 0 bridgehead atoms. The second kappa shape index (κ2) is 15.4. The maximum absolute atomic E-state index is 12.1. The average molecular weight is 519 g/mol. The lowest BCUT2D eigenvalue weighted by molar-refractivity contribution is 0.0548. The molecule has 0 radical (unpaired) electrons. The molecule has 0 aliphatic carbocycles. The SMILES string of the molecule is CCOC(CCN(C)C)CNC(=NC)NCCc1cccc(C(=O)N(C)C)c1.I. The highest BCUT2D eigenvalue weighted by atomic mass is 127. The molecule has 0 aliphatic rings. The third-order valence-corrected chi connectivity index (χ3v) is 4.31. The predicted octanol–water partition coefficient (Wildman–Crippen LogP) is 2.07. The highest BCUT2D eigenvalue weighted by Gasteiger charge is 2.11. The Labute approximate surface area is 193 Å². The van der Waals surface area contributed by atoms with Crippen LogP contribution in [0.2, 0.25) is 0 Å². The third-order valence-electron chi connectivity index (χ3n) is 4.31. The fraction of sp³-hybridized carbons (Fsp3) is 0.619. The van der Waals surface area contributed by atoms with Crippen molar-refractivity contribution in [3.05, 3.63) is 35.4 Å². The lowest BCUT2D eigenvalue weighted by Gasteiger charge is -2.21. The number of nitrogens with zero attached hydrogens (tertiary/aromatic N) is 3. The van der Waals surface area contributed by atoms with Crippen molar-refractivity contribution < 1.29 is 9.53 Å². The minimum Gasteiger partial charge on any atom is -0.377 e. The van der Waals surface area contributed by atoms with Crippen molar-refractivity contribution in [1.29, 1.82) is 0 Å². The van der Waals surface area contributed by atoms with Gasteiger partial charge in [-0.3, -0.25) is 9.79 Å². The number of halogens is 1. The van der Waals surface area contributed by atoms with E-state index in [1.807, 2.05) is 31.2 Å². The minimum absolute atomic E-state index is 0. The van der Waals surface area contributed by atoms with Crippen LogP contribution in [0, 0.1) is 0 Å². The van der Waals surface area contributed by atoms with E-state index in [4.69, 9.17) is 4.74 Å². The number of hydrogen-bond acceptors (Lipinski definition) is 4. The molecule has 2 N–H and O–H groups in total. The van der Waals surface area contributed by atoms with Crippen LogP contribution in [0.4, 0.5) is 0 Å². The number of nitrogens with one attached hydrogen (secondary N) is 2. The van der Waals surface area contributed by atoms with E-state index in [1.165, 1.54) is 0 Å². The van der Waals surface area contributed by atoms with E-state index in [-0.39, 0.29) is 36.0 Å². The van der Waals surface area contributed by atoms with E-state index in [1.54, 1.807) is 26.0 Å². The Morgan fingerprint density at radius 3 is 2.52 bits per heavy atom. The van der Waals surface area contributed by atoms with Crippen LogP contribution in [-0.4, -0.2) is 89.3 Å². The first kappa shape index (κ1) is 27.6. The van der Waals surface area contributed by atoms with E-state index in [0.29, 0.717) is 18.7 Å². The molecule has 1 amide bonds. The van der Waals surface area contributed by atoms with Gasteiger partial charge in [0.05, 0.1) is 6.10 Å². The maximum atomic E-state index is 12.1. The van der Waals surface area contributed by atoms with Gasteiger partial charge in [0.15, 0.2) is 5.96 Å². The second-order valence-electron chi connectivity index (χ2n) is 7.20. The number of carbonyl (C=O) groups excluding carboxylic acids is 1. The highest BCUT2D eigenvalue weighted by Crippen LogP contribution is 2.07. The van der Waals surface area contributed by atoms with E-state index in [9.17, 15) is 4.79 Å². The smallest absolute Gasteiger partial charge is 0.253 e. The third kappa shape index (κ3) is 11.4. The summed E-state index contributed by atoms with van der Waals surface area (Å²) in [4.78, 5) is 20.1. The molecule has 1 aromatic carbocycles. The molecule has 0 aliphatic heterocycles. The molecule has 0 spiro atoms. The summed E-state index contributed by atoms with van der Waals surface area (Å²) in [6.45, 7) is 5.16. The van der Waals surface area contributed by atoms with Gasteiger partial charge in [0, 0.05) is 52.9 Å². The molecule has 0 saturated carbocycles. The van der Waals surface area contributed by atoms with Gasteiger partial charge in [-0.25, -0.2) is 0 Å². The number of ether oxygens (including phenoxy) is 1. The maximum Gasteiger partial charge on any atom is 0.253 e. The molecule has 1 rings (SSSR count). The summed E-state index contributed by atoms with van der Waals surface area (Å²) in [6.07, 6.45) is 1.93. The number of rotatable bonds is 11. The molecule has 0 fully saturated rings. The lowest BCUT2D eigenvalue weighted by atomic mass is 10.1. The Balaban J connectivity index is 0.00000784. The van der Waals surface area contributed by atoms with Gasteiger partial charge in [0.25, 0.3) is 5.91 Å². The molecular formula is C21H38IN5O2. The zero-order valence-electron chi connectivity index (χ0n) is 18.7. The molecule has 0 heterocycles. The molecule has 166 valence electrons. The summed E-state index contributed by atoms with van der Waals surface area (Å²) in [5.41, 5.74) is 1.83. The van der Waals surface area contributed by atoms with E-state index in [2.05, 4.69) is 34.6 Å². The van der Waals surface area contributed by atoms with Gasteiger partial charge in [-0.15, -0.1) is 24.0 Å². The Kier molecular flexibility index (Phi) is 14.7. The number of carbonyl (C=O) groups is 1. The molecule has 8 heteroatoms. The minimum atomic E-state index is 0. The summed E-state index contributed by atoms with van der Waals surface area (Å²) >= 11 is 0. The summed E-state index contributed by atoms with van der Waals surface area (Å²) in [6, 6.07) is 7.77. The normalized spacial score (nSPS) is 12.3. The fourth-order valence-corrected chi connectivity index (χ4v) is 2.76. The van der Waals surface area contributed by atoms with Crippen LogP contribution in [0.1, 0.15) is 29.3 Å². The highest BCUT2D eigenvalue weighted by molar-refractivity contribution is 14.0. The molecule has 1 aromatic rings. The molecule has 1 unspecified atom stereocenters.